The monoisotopic (exact) mass is 316 g/mol. The van der Waals surface area contributed by atoms with Crippen molar-refractivity contribution in [3.63, 3.8) is 0 Å². The van der Waals surface area contributed by atoms with Crippen LogP contribution in [0.2, 0.25) is 0 Å². The molecule has 0 aliphatic rings. The normalized spacial score (nSPS) is 11.0. The Kier molecular flexibility index (Phi) is 6.44. The van der Waals surface area contributed by atoms with E-state index in [2.05, 4.69) is 32.4 Å². The van der Waals surface area contributed by atoms with E-state index in [9.17, 15) is 4.79 Å². The zero-order valence-corrected chi connectivity index (χ0v) is 13.3. The number of carbonyl (C=O) groups excluding carboxylic acids is 1. The highest BCUT2D eigenvalue weighted by molar-refractivity contribution is 7.07. The van der Waals surface area contributed by atoms with E-state index in [1.807, 2.05) is 35.7 Å². The fourth-order valence-electron chi connectivity index (χ4n) is 1.82. The smallest absolute Gasteiger partial charge is 0.239 e. The van der Waals surface area contributed by atoms with Crippen molar-refractivity contribution < 1.29 is 4.79 Å². The molecule has 1 amide bonds. The minimum atomic E-state index is -0.0673. The van der Waals surface area contributed by atoms with Gasteiger partial charge in [0.25, 0.3) is 0 Å². The van der Waals surface area contributed by atoms with E-state index in [-0.39, 0.29) is 12.5 Å². The first-order valence-corrected chi connectivity index (χ1v) is 7.98. The van der Waals surface area contributed by atoms with Crippen molar-refractivity contribution in [1.29, 1.82) is 0 Å². The minimum absolute atomic E-state index is 0.0673. The average molecular weight is 316 g/mol. The van der Waals surface area contributed by atoms with Crippen LogP contribution in [-0.4, -0.2) is 25.5 Å². The number of aliphatic imine (C=N–C) groups is 1. The van der Waals surface area contributed by atoms with Crippen molar-refractivity contribution in [2.45, 2.75) is 13.1 Å². The average Bonchev–Trinajstić information content (AvgIpc) is 3.07. The Morgan fingerprint density at radius 1 is 1.05 bits per heavy atom. The van der Waals surface area contributed by atoms with Gasteiger partial charge in [-0.25, -0.2) is 0 Å². The molecule has 0 unspecified atom stereocenters. The summed E-state index contributed by atoms with van der Waals surface area (Å²) in [6.07, 6.45) is 0. The molecule has 2 rings (SSSR count). The lowest BCUT2D eigenvalue weighted by Crippen LogP contribution is -2.42. The minimum Gasteiger partial charge on any atom is -0.352 e. The predicted molar refractivity (Wildman–Crippen MR) is 90.8 cm³/mol. The van der Waals surface area contributed by atoms with Gasteiger partial charge in [0.1, 0.15) is 0 Å². The number of rotatable bonds is 6. The fraction of sp³-hybridized carbons (Fsp3) is 0.250. The second-order valence-electron chi connectivity index (χ2n) is 4.67. The molecule has 1 aromatic carbocycles. The number of nitrogens with zero attached hydrogens (tertiary/aromatic N) is 1. The predicted octanol–water partition coefficient (Wildman–Crippen LogP) is 1.73. The summed E-state index contributed by atoms with van der Waals surface area (Å²) in [5.41, 5.74) is 2.28. The second-order valence-corrected chi connectivity index (χ2v) is 5.45. The molecular weight excluding hydrogens is 296 g/mol. The van der Waals surface area contributed by atoms with Crippen LogP contribution in [0.1, 0.15) is 11.1 Å². The molecule has 2 aromatic rings. The van der Waals surface area contributed by atoms with Crippen molar-refractivity contribution in [3.05, 3.63) is 58.3 Å². The number of amides is 1. The van der Waals surface area contributed by atoms with Gasteiger partial charge in [0, 0.05) is 20.1 Å². The molecule has 1 heterocycles. The Hall–Kier alpha value is -2.34. The van der Waals surface area contributed by atoms with Gasteiger partial charge in [-0.3, -0.25) is 9.79 Å². The number of benzene rings is 1. The van der Waals surface area contributed by atoms with Crippen LogP contribution in [0.5, 0.6) is 0 Å². The van der Waals surface area contributed by atoms with Gasteiger partial charge in [-0.2, -0.15) is 11.3 Å². The maximum Gasteiger partial charge on any atom is 0.239 e. The van der Waals surface area contributed by atoms with Crippen LogP contribution in [0.25, 0.3) is 0 Å². The maximum atomic E-state index is 11.8. The molecule has 0 spiro atoms. The van der Waals surface area contributed by atoms with Crippen molar-refractivity contribution >= 4 is 23.2 Å². The molecule has 3 N–H and O–H groups in total. The number of hydrogen-bond acceptors (Lipinski definition) is 3. The first-order chi connectivity index (χ1) is 10.8. The van der Waals surface area contributed by atoms with Crippen LogP contribution in [0.15, 0.2) is 52.2 Å². The van der Waals surface area contributed by atoms with Crippen LogP contribution < -0.4 is 16.0 Å². The third kappa shape index (κ3) is 5.57. The lowest BCUT2D eigenvalue weighted by Gasteiger charge is -2.11. The Balaban J connectivity index is 1.67. The molecule has 0 saturated carbocycles. The zero-order valence-electron chi connectivity index (χ0n) is 12.5. The molecule has 0 bridgehead atoms. The van der Waals surface area contributed by atoms with Gasteiger partial charge >= 0.3 is 0 Å². The molecule has 0 aliphatic heterocycles. The SMILES string of the molecule is CN=C(NCC(=O)NCc1ccccc1)NCc1ccsc1. The van der Waals surface area contributed by atoms with Crippen LogP contribution in [0, 0.1) is 0 Å². The lowest BCUT2D eigenvalue weighted by atomic mass is 10.2. The summed E-state index contributed by atoms with van der Waals surface area (Å²) in [4.78, 5) is 15.9. The fourth-order valence-corrected chi connectivity index (χ4v) is 2.49. The highest BCUT2D eigenvalue weighted by Gasteiger charge is 2.03. The van der Waals surface area contributed by atoms with E-state index in [4.69, 9.17) is 0 Å². The quantitative estimate of drug-likeness (QED) is 0.562. The van der Waals surface area contributed by atoms with Crippen molar-refractivity contribution in [1.82, 2.24) is 16.0 Å². The van der Waals surface area contributed by atoms with Crippen LogP contribution >= 0.6 is 11.3 Å². The van der Waals surface area contributed by atoms with E-state index in [1.165, 1.54) is 5.56 Å². The highest BCUT2D eigenvalue weighted by Crippen LogP contribution is 2.04. The van der Waals surface area contributed by atoms with Gasteiger partial charge in [-0.1, -0.05) is 30.3 Å². The molecule has 0 radical (unpaired) electrons. The molecule has 116 valence electrons. The van der Waals surface area contributed by atoms with E-state index >= 15 is 0 Å². The summed E-state index contributed by atoms with van der Waals surface area (Å²) >= 11 is 1.66. The van der Waals surface area contributed by atoms with Crippen molar-refractivity contribution in [2.75, 3.05) is 13.6 Å². The van der Waals surface area contributed by atoms with Gasteiger partial charge < -0.3 is 16.0 Å². The molecular formula is C16H20N4OS. The third-order valence-corrected chi connectivity index (χ3v) is 3.74. The summed E-state index contributed by atoms with van der Waals surface area (Å²) in [6, 6.07) is 11.9. The van der Waals surface area contributed by atoms with Crippen LogP contribution in [0.3, 0.4) is 0 Å². The topological polar surface area (TPSA) is 65.5 Å². The standard InChI is InChI=1S/C16H20N4OS/c1-17-16(19-10-14-7-8-22-12-14)20-11-15(21)18-9-13-5-3-2-4-6-13/h2-8,12H,9-11H2,1H3,(H,18,21)(H2,17,19,20). The highest BCUT2D eigenvalue weighted by atomic mass is 32.1. The van der Waals surface area contributed by atoms with E-state index in [1.54, 1.807) is 18.4 Å². The Morgan fingerprint density at radius 2 is 1.82 bits per heavy atom. The molecule has 0 fully saturated rings. The summed E-state index contributed by atoms with van der Waals surface area (Å²) in [5, 5.41) is 13.1. The summed E-state index contributed by atoms with van der Waals surface area (Å²) in [5.74, 6) is 0.545. The van der Waals surface area contributed by atoms with Gasteiger partial charge in [0.2, 0.25) is 5.91 Å². The van der Waals surface area contributed by atoms with Crippen molar-refractivity contribution in [2.24, 2.45) is 4.99 Å². The van der Waals surface area contributed by atoms with E-state index < -0.39 is 0 Å². The largest absolute Gasteiger partial charge is 0.352 e. The molecule has 0 aliphatic carbocycles. The number of thiophene rings is 1. The number of guanidine groups is 1. The Bertz CT molecular complexity index is 596. The van der Waals surface area contributed by atoms with Crippen LogP contribution in [-0.2, 0) is 17.9 Å². The number of hydrogen-bond donors (Lipinski definition) is 3. The maximum absolute atomic E-state index is 11.8. The molecule has 0 atom stereocenters. The first-order valence-electron chi connectivity index (χ1n) is 7.04. The molecule has 1 aromatic heterocycles. The number of nitrogens with one attached hydrogen (secondary N) is 3. The molecule has 0 saturated heterocycles. The second kappa shape index (κ2) is 8.84. The number of carbonyl (C=O) groups is 1. The summed E-state index contributed by atoms with van der Waals surface area (Å²) in [7, 11) is 1.69. The van der Waals surface area contributed by atoms with Gasteiger partial charge in [0.15, 0.2) is 5.96 Å². The molecule has 5 nitrogen and oxygen atoms in total. The van der Waals surface area contributed by atoms with Crippen LogP contribution in [0.4, 0.5) is 0 Å². The van der Waals surface area contributed by atoms with E-state index in [0.29, 0.717) is 19.0 Å². The zero-order chi connectivity index (χ0) is 15.6. The third-order valence-electron chi connectivity index (χ3n) is 3.01. The lowest BCUT2D eigenvalue weighted by molar-refractivity contribution is -0.120. The van der Waals surface area contributed by atoms with Gasteiger partial charge in [-0.15, -0.1) is 0 Å². The van der Waals surface area contributed by atoms with Gasteiger partial charge in [0.05, 0.1) is 6.54 Å². The Morgan fingerprint density at radius 3 is 2.50 bits per heavy atom. The summed E-state index contributed by atoms with van der Waals surface area (Å²) < 4.78 is 0. The first kappa shape index (κ1) is 16.0. The molecule has 6 heteroatoms. The van der Waals surface area contributed by atoms with Crippen molar-refractivity contribution in [3.8, 4) is 0 Å². The van der Waals surface area contributed by atoms with Gasteiger partial charge in [-0.05, 0) is 28.0 Å². The molecule has 22 heavy (non-hydrogen) atoms. The summed E-state index contributed by atoms with van der Waals surface area (Å²) in [6.45, 7) is 1.41. The Labute approximate surface area is 134 Å². The van der Waals surface area contributed by atoms with E-state index in [0.717, 1.165) is 5.56 Å².